The molecule has 1 nitrogen and oxygen atoms in total. The maximum Gasteiger partial charge on any atom is 0.141 e. The fraction of sp³-hybridized carbons (Fsp3) is 0.417. The van der Waals surface area contributed by atoms with E-state index < -0.39 is 5.82 Å². The minimum absolute atomic E-state index is 0.0739. The number of Topliss-reactive ketones (excluding diaryl/α,β-unsaturated/α-hetero) is 1. The molecular weight excluding hydrogens is 215 g/mol. The molecule has 15 heavy (non-hydrogen) atoms. The second kappa shape index (κ2) is 5.26. The molecule has 0 saturated carbocycles. The first-order valence-electron chi connectivity index (χ1n) is 4.94. The number of ketones is 1. The van der Waals surface area contributed by atoms with Crippen molar-refractivity contribution in [1.29, 1.82) is 0 Å². The largest absolute Gasteiger partial charge is 0.299 e. The van der Waals surface area contributed by atoms with Gasteiger partial charge in [0.15, 0.2) is 0 Å². The van der Waals surface area contributed by atoms with Gasteiger partial charge in [-0.15, -0.1) is 0 Å². The summed E-state index contributed by atoms with van der Waals surface area (Å²) >= 11 is 5.62. The summed E-state index contributed by atoms with van der Waals surface area (Å²) in [4.78, 5) is 11.5. The van der Waals surface area contributed by atoms with E-state index in [0.29, 0.717) is 18.8 Å². The van der Waals surface area contributed by atoms with Gasteiger partial charge >= 0.3 is 0 Å². The average molecular weight is 229 g/mol. The second-order valence-electron chi connectivity index (χ2n) is 4.06. The summed E-state index contributed by atoms with van der Waals surface area (Å²) in [6, 6.07) is 4.40. The quantitative estimate of drug-likeness (QED) is 0.769. The van der Waals surface area contributed by atoms with Crippen LogP contribution in [-0.2, 0) is 11.2 Å². The Morgan fingerprint density at radius 2 is 2.13 bits per heavy atom. The zero-order valence-electron chi connectivity index (χ0n) is 8.89. The highest BCUT2D eigenvalue weighted by Gasteiger charge is 2.08. The zero-order chi connectivity index (χ0) is 11.4. The van der Waals surface area contributed by atoms with E-state index in [1.54, 1.807) is 6.07 Å². The molecule has 0 radical (unpaired) electrons. The Kier molecular flexibility index (Phi) is 4.28. The highest BCUT2D eigenvalue weighted by Crippen LogP contribution is 2.17. The Bertz CT molecular complexity index is 361. The van der Waals surface area contributed by atoms with Gasteiger partial charge in [0.2, 0.25) is 0 Å². The van der Waals surface area contributed by atoms with Crippen LogP contribution in [0.4, 0.5) is 4.39 Å². The van der Waals surface area contributed by atoms with E-state index >= 15 is 0 Å². The number of benzene rings is 1. The monoisotopic (exact) mass is 228 g/mol. The van der Waals surface area contributed by atoms with Gasteiger partial charge < -0.3 is 0 Å². The fourth-order valence-corrected chi connectivity index (χ4v) is 1.61. The van der Waals surface area contributed by atoms with Crippen molar-refractivity contribution in [2.75, 3.05) is 0 Å². The number of hydrogen-bond acceptors (Lipinski definition) is 1. The second-order valence-corrected chi connectivity index (χ2v) is 4.47. The molecule has 82 valence electrons. The standard InChI is InChI=1S/C12H14ClFO/c1-8(2)5-10(15)6-9-3-4-12(14)11(13)7-9/h3-4,7-8H,5-6H2,1-2H3. The lowest BCUT2D eigenvalue weighted by molar-refractivity contribution is -0.119. The lowest BCUT2D eigenvalue weighted by Gasteiger charge is -2.04. The predicted octanol–water partition coefficient (Wildman–Crippen LogP) is 3.64. The highest BCUT2D eigenvalue weighted by molar-refractivity contribution is 6.30. The molecule has 0 atom stereocenters. The van der Waals surface area contributed by atoms with E-state index in [1.165, 1.54) is 12.1 Å². The van der Waals surface area contributed by atoms with E-state index in [9.17, 15) is 9.18 Å². The van der Waals surface area contributed by atoms with Crippen molar-refractivity contribution in [1.82, 2.24) is 0 Å². The van der Waals surface area contributed by atoms with Gasteiger partial charge in [-0.1, -0.05) is 31.5 Å². The number of hydrogen-bond donors (Lipinski definition) is 0. The first-order chi connectivity index (χ1) is 6.99. The third-order valence-electron chi connectivity index (χ3n) is 2.02. The topological polar surface area (TPSA) is 17.1 Å². The lowest BCUT2D eigenvalue weighted by Crippen LogP contribution is -2.06. The van der Waals surface area contributed by atoms with Crippen molar-refractivity contribution in [3.8, 4) is 0 Å². The van der Waals surface area contributed by atoms with Crippen LogP contribution in [0.5, 0.6) is 0 Å². The number of rotatable bonds is 4. The van der Waals surface area contributed by atoms with Gasteiger partial charge in [0.05, 0.1) is 5.02 Å². The van der Waals surface area contributed by atoms with E-state index in [2.05, 4.69) is 0 Å². The molecule has 0 aliphatic heterocycles. The molecule has 0 aliphatic rings. The minimum Gasteiger partial charge on any atom is -0.299 e. The van der Waals surface area contributed by atoms with Crippen LogP contribution in [0.2, 0.25) is 5.02 Å². The first kappa shape index (κ1) is 12.2. The summed E-state index contributed by atoms with van der Waals surface area (Å²) in [6.45, 7) is 3.99. The summed E-state index contributed by atoms with van der Waals surface area (Å²) in [5, 5.41) is 0.0739. The molecule has 0 fully saturated rings. The molecular formula is C12H14ClFO. The summed E-state index contributed by atoms with van der Waals surface area (Å²) in [5.74, 6) is 0.0674. The van der Waals surface area contributed by atoms with Gasteiger partial charge in [0.25, 0.3) is 0 Å². The maximum atomic E-state index is 12.8. The Morgan fingerprint density at radius 1 is 1.47 bits per heavy atom. The van der Waals surface area contributed by atoms with Crippen LogP contribution in [-0.4, -0.2) is 5.78 Å². The Balaban J connectivity index is 2.65. The molecule has 0 N–H and O–H groups in total. The van der Waals surface area contributed by atoms with Crippen molar-refractivity contribution in [3.63, 3.8) is 0 Å². The molecule has 0 aliphatic carbocycles. The van der Waals surface area contributed by atoms with E-state index in [-0.39, 0.29) is 10.8 Å². The fourth-order valence-electron chi connectivity index (χ4n) is 1.40. The van der Waals surface area contributed by atoms with Crippen LogP contribution in [0.15, 0.2) is 18.2 Å². The lowest BCUT2D eigenvalue weighted by atomic mass is 10.0. The van der Waals surface area contributed by atoms with Crippen LogP contribution in [0.1, 0.15) is 25.8 Å². The third-order valence-corrected chi connectivity index (χ3v) is 2.31. The predicted molar refractivity (Wildman–Crippen MR) is 59.6 cm³/mol. The maximum absolute atomic E-state index is 12.8. The summed E-state index contributed by atoms with van der Waals surface area (Å²) in [7, 11) is 0. The Morgan fingerprint density at radius 3 is 2.67 bits per heavy atom. The van der Waals surface area contributed by atoms with E-state index in [1.807, 2.05) is 13.8 Å². The van der Waals surface area contributed by atoms with Crippen molar-refractivity contribution >= 4 is 17.4 Å². The highest BCUT2D eigenvalue weighted by atomic mass is 35.5. The van der Waals surface area contributed by atoms with Crippen molar-refractivity contribution in [3.05, 3.63) is 34.6 Å². The van der Waals surface area contributed by atoms with E-state index in [0.717, 1.165) is 5.56 Å². The Labute approximate surface area is 94.3 Å². The third kappa shape index (κ3) is 4.00. The SMILES string of the molecule is CC(C)CC(=O)Cc1ccc(F)c(Cl)c1. The van der Waals surface area contributed by atoms with Gasteiger partial charge in [-0.2, -0.15) is 0 Å². The molecule has 0 unspecified atom stereocenters. The van der Waals surface area contributed by atoms with Crippen molar-refractivity contribution in [2.45, 2.75) is 26.7 Å². The van der Waals surface area contributed by atoms with Gasteiger partial charge in [0, 0.05) is 12.8 Å². The average Bonchev–Trinajstić information content (AvgIpc) is 2.10. The molecule has 1 rings (SSSR count). The molecule has 0 amide bonds. The van der Waals surface area contributed by atoms with Crippen molar-refractivity contribution < 1.29 is 9.18 Å². The summed E-state index contributed by atoms with van der Waals surface area (Å²) in [6.07, 6.45) is 0.882. The molecule has 0 bridgehead atoms. The normalized spacial score (nSPS) is 10.7. The van der Waals surface area contributed by atoms with Crippen LogP contribution < -0.4 is 0 Å². The van der Waals surface area contributed by atoms with Crippen LogP contribution in [0.25, 0.3) is 0 Å². The molecule has 0 spiro atoms. The van der Waals surface area contributed by atoms with Crippen LogP contribution in [0.3, 0.4) is 0 Å². The van der Waals surface area contributed by atoms with Gasteiger partial charge in [-0.25, -0.2) is 4.39 Å². The van der Waals surface area contributed by atoms with Crippen LogP contribution in [0, 0.1) is 11.7 Å². The van der Waals surface area contributed by atoms with Gasteiger partial charge in [-0.05, 0) is 23.6 Å². The summed E-state index contributed by atoms with van der Waals surface area (Å²) in [5.41, 5.74) is 0.770. The number of halogens is 2. The van der Waals surface area contributed by atoms with Crippen molar-refractivity contribution in [2.24, 2.45) is 5.92 Å². The molecule has 1 aromatic carbocycles. The molecule has 1 aromatic rings. The molecule has 0 heterocycles. The zero-order valence-corrected chi connectivity index (χ0v) is 9.64. The smallest absolute Gasteiger partial charge is 0.141 e. The van der Waals surface area contributed by atoms with E-state index in [4.69, 9.17) is 11.6 Å². The van der Waals surface area contributed by atoms with Gasteiger partial charge in [-0.3, -0.25) is 4.79 Å². The minimum atomic E-state index is -0.447. The molecule has 0 aromatic heterocycles. The Hall–Kier alpha value is -0.890. The summed E-state index contributed by atoms with van der Waals surface area (Å²) < 4.78 is 12.8. The number of carbonyl (C=O) groups is 1. The van der Waals surface area contributed by atoms with Gasteiger partial charge in [0.1, 0.15) is 11.6 Å². The number of carbonyl (C=O) groups excluding carboxylic acids is 1. The molecule has 0 saturated heterocycles. The molecule has 3 heteroatoms. The van der Waals surface area contributed by atoms with Crippen LogP contribution >= 0.6 is 11.6 Å². The first-order valence-corrected chi connectivity index (χ1v) is 5.32.